The summed E-state index contributed by atoms with van der Waals surface area (Å²) in [6.07, 6.45) is 0.955. The summed E-state index contributed by atoms with van der Waals surface area (Å²) in [6, 6.07) is 30.7. The standard InChI is InChI=1S/C33H29FN8O4S.C31H33FN8O2S.C4H9NO/c1-4-26-30(38(3)31-36-29(28(15-35)47-31)21-5-7-22(34)8-6-21)27-14-24(13-20(2)41(27)37-26)39-16-33(17-39)18-40(19-33)32(43)46-25-11-9-23(10-12-25)42(44)45;1-4-24-28(36(3)29-34-27(26(15-33)43-29)21-5-7-22(32)8-6-21)25-14-23(13-20(2)40(25)35-24)38-16-31(17-38)18-39(19-31)30(41)37-9-11-42-12-10-37;1-3-6-4-2-5-1/h5-14H,4,16-19H2,1-3H3;5-8,13-14H,4,9-12,16-19H2,1-3H3;5H,1-4H2. The van der Waals surface area contributed by atoms with Crippen molar-refractivity contribution in [1.82, 2.24) is 49.2 Å². The molecule has 15 rings (SSSR count). The smallest absolute Gasteiger partial charge is 0.410 e. The second-order valence-corrected chi connectivity index (χ2v) is 27.0. The topological polar surface area (TPSA) is 248 Å². The SMILES string of the molecule is C1COCCN1.CCc1nn2c(C)cc(N3CC4(CN(C(=O)N5CCOCC5)C4)C3)cc2c1N(C)c1nc(-c2ccc(F)cc2)c(C#N)s1.CCc1nn2c(C)cc(N3CC4(CN(C(=O)Oc5ccc([N+](=O)[O-])cc5)C4)C3)cc2c1N(C)c1nc(-c2ccc(F)cc2)c(C#N)s1. The molecule has 0 saturated carbocycles. The van der Waals surface area contributed by atoms with Gasteiger partial charge in [-0.2, -0.15) is 20.7 Å². The number of aryl methyl sites for hydroxylation is 4. The lowest BCUT2D eigenvalue weighted by Crippen LogP contribution is -2.74. The Morgan fingerprint density at radius 3 is 1.48 bits per heavy atom. The maximum atomic E-state index is 13.6. The molecule has 3 amide bonds. The highest BCUT2D eigenvalue weighted by molar-refractivity contribution is 7.17. The fraction of sp³-hybridized carbons (Fsp3) is 0.382. The molecule has 9 aromatic rings. The number of fused-ring (bicyclic) bond motifs is 2. The van der Waals surface area contributed by atoms with E-state index in [0.717, 1.165) is 129 Å². The van der Waals surface area contributed by atoms with Crippen molar-refractivity contribution in [3.05, 3.63) is 151 Å². The van der Waals surface area contributed by atoms with Crippen molar-refractivity contribution in [2.45, 2.75) is 40.5 Å². The number of nitro groups is 1. The number of hydrogen-bond acceptors (Lipinski definition) is 20. The molecular weight excluding hydrogens is 1270 g/mol. The van der Waals surface area contributed by atoms with Crippen LogP contribution in [0.15, 0.2) is 97.1 Å². The van der Waals surface area contributed by atoms with E-state index in [1.807, 2.05) is 49.6 Å². The Morgan fingerprint density at radius 1 is 0.646 bits per heavy atom. The molecule has 6 fully saturated rings. The summed E-state index contributed by atoms with van der Waals surface area (Å²) in [5.41, 5.74) is 12.3. The number of pyridine rings is 2. The van der Waals surface area contributed by atoms with Crippen LogP contribution in [0.3, 0.4) is 0 Å². The van der Waals surface area contributed by atoms with Gasteiger partial charge in [0, 0.05) is 149 Å². The number of likely N-dealkylation sites (tertiary alicyclic amines) is 2. The van der Waals surface area contributed by atoms with Crippen LogP contribution in [0.5, 0.6) is 5.75 Å². The Labute approximate surface area is 560 Å². The third-order valence-electron chi connectivity index (χ3n) is 18.3. The van der Waals surface area contributed by atoms with E-state index < -0.39 is 11.0 Å². The maximum Gasteiger partial charge on any atom is 0.415 e. The molecule has 0 radical (unpaired) electrons. The minimum atomic E-state index is -0.500. The van der Waals surface area contributed by atoms with Gasteiger partial charge in [-0.25, -0.2) is 37.4 Å². The molecule has 6 aromatic heterocycles. The molecule has 6 saturated heterocycles. The Kier molecular flexibility index (Phi) is 18.1. The second kappa shape index (κ2) is 26.8. The molecule has 6 aliphatic heterocycles. The maximum absolute atomic E-state index is 13.6. The lowest BCUT2D eigenvalue weighted by atomic mass is 9.72. The number of benzene rings is 3. The molecule has 24 nitrogen and oxygen atoms in total. The van der Waals surface area contributed by atoms with E-state index in [9.17, 15) is 39.0 Å². The first kappa shape index (κ1) is 64.8. The Bertz CT molecular complexity index is 4480. The highest BCUT2D eigenvalue weighted by atomic mass is 32.1. The highest BCUT2D eigenvalue weighted by Crippen LogP contribution is 2.47. The summed E-state index contributed by atoms with van der Waals surface area (Å²) in [6.45, 7) is 20.7. The fourth-order valence-corrected chi connectivity index (χ4v) is 15.1. The molecule has 0 bridgehead atoms. The number of carbonyl (C=O) groups is 2. The number of hydrogen-bond donors (Lipinski definition) is 1. The number of non-ortho nitro benzene ring substituents is 1. The molecule has 6 aliphatic rings. The fourth-order valence-electron chi connectivity index (χ4n) is 13.4. The number of nitrogens with zero attached hydrogens (tertiary/aromatic N) is 16. The molecular formula is C68H71F2N17O7S2. The summed E-state index contributed by atoms with van der Waals surface area (Å²) >= 11 is 2.60. The van der Waals surface area contributed by atoms with Gasteiger partial charge in [0.1, 0.15) is 50.7 Å². The van der Waals surface area contributed by atoms with Crippen molar-refractivity contribution in [3.63, 3.8) is 0 Å². The van der Waals surface area contributed by atoms with Gasteiger partial charge in [-0.05, 0) is 112 Å². The van der Waals surface area contributed by atoms with Crippen LogP contribution in [-0.4, -0.2) is 180 Å². The molecule has 28 heteroatoms. The number of halogens is 2. The van der Waals surface area contributed by atoms with E-state index in [-0.39, 0.29) is 39.9 Å². The average Bonchev–Trinajstić information content (AvgIpc) is 1.03. The van der Waals surface area contributed by atoms with Gasteiger partial charge in [-0.15, -0.1) is 0 Å². The lowest BCUT2D eigenvalue weighted by Gasteiger charge is -2.61. The zero-order valence-electron chi connectivity index (χ0n) is 54.1. The van der Waals surface area contributed by atoms with E-state index in [1.54, 1.807) is 29.2 Å². The number of rotatable bonds is 12. The summed E-state index contributed by atoms with van der Waals surface area (Å²) in [7, 11) is 3.88. The number of ether oxygens (including phenoxy) is 3. The minimum Gasteiger partial charge on any atom is -0.410 e. The molecule has 1 N–H and O–H groups in total. The molecule has 0 unspecified atom stereocenters. The van der Waals surface area contributed by atoms with Crippen LogP contribution < -0.4 is 29.7 Å². The first-order chi connectivity index (χ1) is 46.4. The number of anilines is 6. The quantitative estimate of drug-likeness (QED) is 0.0882. The van der Waals surface area contributed by atoms with Gasteiger partial charge in [0.15, 0.2) is 10.3 Å². The molecule has 96 heavy (non-hydrogen) atoms. The molecule has 0 aliphatic carbocycles. The summed E-state index contributed by atoms with van der Waals surface area (Å²) in [4.78, 5) is 60.7. The van der Waals surface area contributed by atoms with Gasteiger partial charge in [-0.3, -0.25) is 10.1 Å². The normalized spacial score (nSPS) is 16.7. The zero-order valence-corrected chi connectivity index (χ0v) is 55.7. The molecule has 496 valence electrons. The number of nitriles is 2. The Morgan fingerprint density at radius 2 is 1.08 bits per heavy atom. The monoisotopic (exact) mass is 1340 g/mol. The van der Waals surface area contributed by atoms with Crippen molar-refractivity contribution in [3.8, 4) is 40.4 Å². The van der Waals surface area contributed by atoms with Crippen molar-refractivity contribution < 1.29 is 37.5 Å². The summed E-state index contributed by atoms with van der Waals surface area (Å²) in [5, 5.41) is 44.9. The number of urea groups is 1. The number of amides is 3. The van der Waals surface area contributed by atoms with Crippen LogP contribution in [-0.2, 0) is 22.3 Å². The predicted molar refractivity (Wildman–Crippen MR) is 362 cm³/mol. The van der Waals surface area contributed by atoms with E-state index in [2.05, 4.69) is 72.3 Å². The van der Waals surface area contributed by atoms with Crippen molar-refractivity contribution in [2.75, 3.05) is 139 Å². The van der Waals surface area contributed by atoms with Crippen LogP contribution in [0.1, 0.15) is 46.4 Å². The lowest BCUT2D eigenvalue weighted by molar-refractivity contribution is -0.384. The zero-order chi connectivity index (χ0) is 67.2. The predicted octanol–water partition coefficient (Wildman–Crippen LogP) is 10.6. The van der Waals surface area contributed by atoms with Crippen LogP contribution in [0.2, 0.25) is 0 Å². The first-order valence-electron chi connectivity index (χ1n) is 31.8. The summed E-state index contributed by atoms with van der Waals surface area (Å²) < 4.78 is 46.8. The Balaban J connectivity index is 0.000000160. The molecule has 12 heterocycles. The van der Waals surface area contributed by atoms with Crippen LogP contribution in [0.4, 0.5) is 57.1 Å². The van der Waals surface area contributed by atoms with Gasteiger partial charge < -0.3 is 53.8 Å². The van der Waals surface area contributed by atoms with Crippen molar-refractivity contribution in [2.24, 2.45) is 10.8 Å². The average molecular weight is 1340 g/mol. The van der Waals surface area contributed by atoms with Crippen LogP contribution in [0, 0.1) is 69.1 Å². The third-order valence-corrected chi connectivity index (χ3v) is 20.4. The summed E-state index contributed by atoms with van der Waals surface area (Å²) in [5.74, 6) is -0.416. The van der Waals surface area contributed by atoms with Gasteiger partial charge in [0.05, 0.1) is 65.1 Å². The molecule has 2 spiro atoms. The van der Waals surface area contributed by atoms with E-state index in [0.29, 0.717) is 88.3 Å². The van der Waals surface area contributed by atoms with E-state index in [4.69, 9.17) is 34.4 Å². The van der Waals surface area contributed by atoms with Gasteiger partial charge in [0.25, 0.3) is 5.69 Å². The number of aromatic nitrogens is 6. The second-order valence-electron chi connectivity index (χ2n) is 25.1. The van der Waals surface area contributed by atoms with Crippen LogP contribution in [0.25, 0.3) is 33.5 Å². The van der Waals surface area contributed by atoms with E-state index in [1.165, 1.54) is 71.2 Å². The molecule has 0 atom stereocenters. The largest absolute Gasteiger partial charge is 0.415 e. The van der Waals surface area contributed by atoms with E-state index >= 15 is 0 Å². The van der Waals surface area contributed by atoms with Crippen molar-refractivity contribution >= 4 is 84.5 Å². The first-order valence-corrected chi connectivity index (χ1v) is 33.5. The molecule has 3 aromatic carbocycles. The minimum absolute atomic E-state index is 0.0195. The Hall–Kier alpha value is -9.84. The van der Waals surface area contributed by atoms with Gasteiger partial charge in [-0.1, -0.05) is 36.5 Å². The van der Waals surface area contributed by atoms with Gasteiger partial charge >= 0.3 is 12.1 Å². The highest BCUT2D eigenvalue weighted by Gasteiger charge is 2.55. The third kappa shape index (κ3) is 12.7. The van der Waals surface area contributed by atoms with Crippen LogP contribution >= 0.6 is 22.7 Å². The number of morpholine rings is 2. The number of nitrogens with one attached hydrogen (secondary N) is 1. The number of thiazole rings is 2. The van der Waals surface area contributed by atoms with Crippen molar-refractivity contribution in [1.29, 1.82) is 10.5 Å². The number of carbonyl (C=O) groups excluding carboxylic acids is 2. The van der Waals surface area contributed by atoms with Gasteiger partial charge in [0.2, 0.25) is 0 Å². The number of nitro benzene ring substituents is 1.